The van der Waals surface area contributed by atoms with E-state index in [0.717, 1.165) is 11.8 Å². The van der Waals surface area contributed by atoms with Gasteiger partial charge < -0.3 is 5.32 Å². The molecule has 3 rings (SSSR count). The summed E-state index contributed by atoms with van der Waals surface area (Å²) >= 11 is 0. The lowest BCUT2D eigenvalue weighted by atomic mass is 9.97. The van der Waals surface area contributed by atoms with E-state index >= 15 is 0 Å². The molecule has 0 saturated carbocycles. The third-order valence-corrected chi connectivity index (χ3v) is 7.58. The number of hydrogen-bond donors (Lipinski definition) is 1. The van der Waals surface area contributed by atoms with Gasteiger partial charge in [-0.05, 0) is 53.0 Å². The highest BCUT2D eigenvalue weighted by atomic mass is 32.2. The van der Waals surface area contributed by atoms with E-state index < -0.39 is 14.9 Å². The van der Waals surface area contributed by atoms with Gasteiger partial charge in [0.15, 0.2) is 0 Å². The lowest BCUT2D eigenvalue weighted by Gasteiger charge is -2.31. The Hall–Kier alpha value is -2.79. The number of anilines is 1. The quantitative estimate of drug-likeness (QED) is 0.536. The molecule has 0 bridgehead atoms. The van der Waals surface area contributed by atoms with Crippen LogP contribution >= 0.6 is 0 Å². The first-order chi connectivity index (χ1) is 14.8. The standard InChI is InChI=1S/C21H29N5O5S/c1-14-6-7-17(26(28)29)13-18(14)32(30,31)24-10-8-16(9-11-24)20(27)22-19-12-15(2)23-25(19)21(3,4)5/h6-7,12-13,16H,8-11H2,1-5H3,(H,22,27). The van der Waals surface area contributed by atoms with Gasteiger partial charge in [0, 0.05) is 37.2 Å². The van der Waals surface area contributed by atoms with Gasteiger partial charge in [-0.2, -0.15) is 9.40 Å². The van der Waals surface area contributed by atoms with Crippen molar-refractivity contribution in [3.63, 3.8) is 0 Å². The second-order valence-electron chi connectivity index (χ2n) is 9.13. The highest BCUT2D eigenvalue weighted by Crippen LogP contribution is 2.29. The molecule has 1 N–H and O–H groups in total. The number of rotatable bonds is 5. The monoisotopic (exact) mass is 463 g/mol. The molecule has 1 aromatic carbocycles. The maximum atomic E-state index is 13.1. The fourth-order valence-corrected chi connectivity index (χ4v) is 5.52. The number of piperidine rings is 1. The number of nitrogens with one attached hydrogen (secondary N) is 1. The van der Waals surface area contributed by atoms with Crippen LogP contribution in [0.3, 0.4) is 0 Å². The molecule has 0 radical (unpaired) electrons. The largest absolute Gasteiger partial charge is 0.311 e. The van der Waals surface area contributed by atoms with Gasteiger partial charge in [0.2, 0.25) is 15.9 Å². The Balaban J connectivity index is 1.71. The maximum Gasteiger partial charge on any atom is 0.270 e. The normalized spacial score (nSPS) is 16.2. The van der Waals surface area contributed by atoms with E-state index in [-0.39, 0.29) is 41.0 Å². The third-order valence-electron chi connectivity index (χ3n) is 5.54. The predicted molar refractivity (Wildman–Crippen MR) is 120 cm³/mol. The maximum absolute atomic E-state index is 13.1. The van der Waals surface area contributed by atoms with Crippen LogP contribution in [0.25, 0.3) is 0 Å². The number of nitrogens with zero attached hydrogens (tertiary/aromatic N) is 4. The molecular weight excluding hydrogens is 434 g/mol. The highest BCUT2D eigenvalue weighted by molar-refractivity contribution is 7.89. The number of carbonyl (C=O) groups is 1. The van der Waals surface area contributed by atoms with E-state index in [1.807, 2.05) is 33.8 Å². The predicted octanol–water partition coefficient (Wildman–Crippen LogP) is 3.20. The SMILES string of the molecule is Cc1cc(NC(=O)C2CCN(S(=O)(=O)c3cc([N+](=O)[O-])ccc3C)CC2)n(C(C)(C)C)n1. The summed E-state index contributed by atoms with van der Waals surface area (Å²) in [6.45, 7) is 9.78. The van der Waals surface area contributed by atoms with Gasteiger partial charge >= 0.3 is 0 Å². The number of nitro benzene ring substituents is 1. The van der Waals surface area contributed by atoms with Gasteiger partial charge in [0.05, 0.1) is 21.1 Å². The molecule has 32 heavy (non-hydrogen) atoms. The number of aryl methyl sites for hydroxylation is 2. The van der Waals surface area contributed by atoms with Crippen molar-refractivity contribution < 1.29 is 18.1 Å². The van der Waals surface area contributed by atoms with Crippen molar-refractivity contribution >= 4 is 27.4 Å². The number of sulfonamides is 1. The van der Waals surface area contributed by atoms with E-state index in [4.69, 9.17) is 0 Å². The van der Waals surface area contributed by atoms with E-state index in [2.05, 4.69) is 10.4 Å². The minimum absolute atomic E-state index is 0.0702. The molecule has 0 atom stereocenters. The van der Waals surface area contributed by atoms with Crippen LogP contribution in [0, 0.1) is 29.9 Å². The lowest BCUT2D eigenvalue weighted by molar-refractivity contribution is -0.385. The molecule has 1 saturated heterocycles. The zero-order chi connectivity index (χ0) is 23.8. The minimum Gasteiger partial charge on any atom is -0.311 e. The van der Waals surface area contributed by atoms with Crippen molar-refractivity contribution in [2.24, 2.45) is 5.92 Å². The molecule has 1 amide bonds. The third kappa shape index (κ3) is 4.83. The number of non-ortho nitro benzene ring substituents is 1. The van der Waals surface area contributed by atoms with Crippen LogP contribution in [0.4, 0.5) is 11.5 Å². The fourth-order valence-electron chi connectivity index (χ4n) is 3.81. The second kappa shape index (κ2) is 8.62. The number of aromatic nitrogens is 2. The molecule has 2 aromatic rings. The molecule has 2 heterocycles. The Kier molecular flexibility index (Phi) is 6.43. The van der Waals surface area contributed by atoms with E-state index in [9.17, 15) is 23.3 Å². The van der Waals surface area contributed by atoms with Crippen LogP contribution in [-0.2, 0) is 20.4 Å². The van der Waals surface area contributed by atoms with E-state index in [0.29, 0.717) is 24.2 Å². The summed E-state index contributed by atoms with van der Waals surface area (Å²) in [6, 6.07) is 5.63. The van der Waals surface area contributed by atoms with Gasteiger partial charge in [0.25, 0.3) is 5.69 Å². The topological polar surface area (TPSA) is 127 Å². The Morgan fingerprint density at radius 1 is 1.19 bits per heavy atom. The summed E-state index contributed by atoms with van der Waals surface area (Å²) in [4.78, 5) is 23.2. The first kappa shape index (κ1) is 23.9. The minimum atomic E-state index is -3.90. The second-order valence-corrected chi connectivity index (χ2v) is 11.0. The number of hydrogen-bond acceptors (Lipinski definition) is 6. The van der Waals surface area contributed by atoms with E-state index in [1.54, 1.807) is 11.6 Å². The highest BCUT2D eigenvalue weighted by Gasteiger charge is 2.34. The van der Waals surface area contributed by atoms with Crippen molar-refractivity contribution in [3.05, 3.63) is 45.6 Å². The number of nitro groups is 1. The molecule has 11 heteroatoms. The van der Waals surface area contributed by atoms with Crippen LogP contribution in [0.1, 0.15) is 44.9 Å². The van der Waals surface area contributed by atoms with Gasteiger partial charge in [-0.15, -0.1) is 0 Å². The van der Waals surface area contributed by atoms with Gasteiger partial charge in [-0.25, -0.2) is 13.1 Å². The van der Waals surface area contributed by atoms with Crippen LogP contribution < -0.4 is 5.32 Å². The summed E-state index contributed by atoms with van der Waals surface area (Å²) in [6.07, 6.45) is 0.726. The van der Waals surface area contributed by atoms with Gasteiger partial charge in [-0.1, -0.05) is 6.07 Å². The van der Waals surface area contributed by atoms with Crippen LogP contribution in [-0.4, -0.2) is 46.4 Å². The van der Waals surface area contributed by atoms with Crippen molar-refractivity contribution in [2.75, 3.05) is 18.4 Å². The summed E-state index contributed by atoms with van der Waals surface area (Å²) < 4.78 is 29.3. The molecule has 1 aliphatic rings. The first-order valence-electron chi connectivity index (χ1n) is 10.4. The van der Waals surface area contributed by atoms with Crippen LogP contribution in [0.15, 0.2) is 29.2 Å². The summed E-state index contributed by atoms with van der Waals surface area (Å²) in [7, 11) is -3.90. The summed E-state index contributed by atoms with van der Waals surface area (Å²) in [5.74, 6) is 0.109. The molecule has 0 unspecified atom stereocenters. The molecular formula is C21H29N5O5S. The zero-order valence-corrected chi connectivity index (χ0v) is 19.8. The summed E-state index contributed by atoms with van der Waals surface area (Å²) in [5.41, 5.74) is 0.670. The lowest BCUT2D eigenvalue weighted by Crippen LogP contribution is -2.42. The fraction of sp³-hybridized carbons (Fsp3) is 0.524. The van der Waals surface area contributed by atoms with Gasteiger partial charge in [0.1, 0.15) is 5.82 Å². The summed E-state index contributed by atoms with van der Waals surface area (Å²) in [5, 5.41) is 18.5. The number of amides is 1. The van der Waals surface area contributed by atoms with Crippen LogP contribution in [0.5, 0.6) is 0 Å². The molecule has 0 spiro atoms. The smallest absolute Gasteiger partial charge is 0.270 e. The number of benzene rings is 1. The van der Waals surface area contributed by atoms with Crippen molar-refractivity contribution in [1.82, 2.24) is 14.1 Å². The molecule has 0 aliphatic carbocycles. The Bertz CT molecular complexity index is 1140. The molecule has 1 aliphatic heterocycles. The van der Waals surface area contributed by atoms with Crippen molar-refractivity contribution in [3.8, 4) is 0 Å². The molecule has 1 fully saturated rings. The Labute approximate surface area is 187 Å². The van der Waals surface area contributed by atoms with Crippen molar-refractivity contribution in [1.29, 1.82) is 0 Å². The molecule has 1 aromatic heterocycles. The Morgan fingerprint density at radius 3 is 2.38 bits per heavy atom. The van der Waals surface area contributed by atoms with E-state index in [1.165, 1.54) is 16.4 Å². The zero-order valence-electron chi connectivity index (χ0n) is 19.0. The first-order valence-corrected chi connectivity index (χ1v) is 11.9. The number of carbonyl (C=O) groups excluding carboxylic acids is 1. The average Bonchev–Trinajstić information content (AvgIpc) is 3.08. The van der Waals surface area contributed by atoms with Crippen molar-refractivity contribution in [2.45, 2.75) is 57.9 Å². The average molecular weight is 464 g/mol. The Morgan fingerprint density at radius 2 is 1.81 bits per heavy atom. The van der Waals surface area contributed by atoms with Crippen LogP contribution in [0.2, 0.25) is 0 Å². The molecule has 10 nitrogen and oxygen atoms in total. The van der Waals surface area contributed by atoms with Gasteiger partial charge in [-0.3, -0.25) is 14.9 Å². The molecule has 174 valence electrons.